The number of carbonyl (C=O) groups is 2. The second-order valence-electron chi connectivity index (χ2n) is 7.26. The standard InChI is InChI=1S/C18H33N3O2/c1-3-11-19-17(22)13-20(2)18(23)14-21(12-15-9-10-15)16-7-5-4-6-8-16/h15-16H,3-14H2,1-2H3,(H,19,22). The number of nitrogens with zero attached hydrogens (tertiary/aromatic N) is 2. The Kier molecular flexibility index (Phi) is 7.34. The normalized spacial score (nSPS) is 18.9. The van der Waals surface area contributed by atoms with Crippen LogP contribution in [0.25, 0.3) is 0 Å². The molecule has 2 aliphatic rings. The van der Waals surface area contributed by atoms with E-state index in [4.69, 9.17) is 0 Å². The van der Waals surface area contributed by atoms with Gasteiger partial charge in [0.1, 0.15) is 0 Å². The molecule has 5 nitrogen and oxygen atoms in total. The summed E-state index contributed by atoms with van der Waals surface area (Å²) in [6.45, 7) is 4.40. The zero-order valence-corrected chi connectivity index (χ0v) is 14.9. The molecule has 0 saturated heterocycles. The van der Waals surface area contributed by atoms with Gasteiger partial charge in [0, 0.05) is 26.2 Å². The van der Waals surface area contributed by atoms with Crippen molar-refractivity contribution in [2.24, 2.45) is 5.92 Å². The van der Waals surface area contributed by atoms with Gasteiger partial charge in [0.05, 0.1) is 13.1 Å². The highest BCUT2D eigenvalue weighted by molar-refractivity contribution is 5.85. The van der Waals surface area contributed by atoms with Crippen molar-refractivity contribution < 1.29 is 9.59 Å². The summed E-state index contributed by atoms with van der Waals surface area (Å²) in [6, 6.07) is 0.565. The Morgan fingerprint density at radius 2 is 1.74 bits per heavy atom. The predicted molar refractivity (Wildman–Crippen MR) is 92.1 cm³/mol. The summed E-state index contributed by atoms with van der Waals surface area (Å²) in [4.78, 5) is 28.3. The van der Waals surface area contributed by atoms with Gasteiger partial charge in [0.2, 0.25) is 11.8 Å². The Bertz CT molecular complexity index is 390. The van der Waals surface area contributed by atoms with E-state index in [-0.39, 0.29) is 18.4 Å². The Balaban J connectivity index is 1.81. The van der Waals surface area contributed by atoms with Gasteiger partial charge in [-0.25, -0.2) is 0 Å². The maximum absolute atomic E-state index is 12.5. The van der Waals surface area contributed by atoms with Crippen LogP contribution < -0.4 is 5.32 Å². The molecule has 0 aromatic carbocycles. The summed E-state index contributed by atoms with van der Waals surface area (Å²) in [5.41, 5.74) is 0. The molecule has 0 aromatic heterocycles. The van der Waals surface area contributed by atoms with E-state index < -0.39 is 0 Å². The highest BCUT2D eigenvalue weighted by Gasteiger charge is 2.30. The first kappa shape index (κ1) is 18.2. The Labute approximate surface area is 140 Å². The molecule has 0 radical (unpaired) electrons. The third-order valence-corrected chi connectivity index (χ3v) is 5.00. The topological polar surface area (TPSA) is 52.7 Å². The SMILES string of the molecule is CCCNC(=O)CN(C)C(=O)CN(CC1CC1)C1CCCCC1. The predicted octanol–water partition coefficient (Wildman–Crippen LogP) is 2.02. The molecule has 2 rings (SSSR count). The lowest BCUT2D eigenvalue weighted by Gasteiger charge is -2.35. The summed E-state index contributed by atoms with van der Waals surface area (Å²) < 4.78 is 0. The molecule has 5 heteroatoms. The van der Waals surface area contributed by atoms with E-state index in [0.717, 1.165) is 18.9 Å². The lowest BCUT2D eigenvalue weighted by Crippen LogP contribution is -2.47. The highest BCUT2D eigenvalue weighted by Crippen LogP contribution is 2.32. The van der Waals surface area contributed by atoms with Crippen LogP contribution in [0.1, 0.15) is 58.3 Å². The average molecular weight is 323 g/mol. The van der Waals surface area contributed by atoms with Crippen molar-refractivity contribution in [1.82, 2.24) is 15.1 Å². The fourth-order valence-corrected chi connectivity index (χ4v) is 3.34. The van der Waals surface area contributed by atoms with E-state index in [0.29, 0.717) is 19.1 Å². The second-order valence-corrected chi connectivity index (χ2v) is 7.26. The molecule has 0 spiro atoms. The molecule has 0 aliphatic heterocycles. The zero-order chi connectivity index (χ0) is 16.7. The summed E-state index contributed by atoms with van der Waals surface area (Å²) >= 11 is 0. The van der Waals surface area contributed by atoms with Crippen LogP contribution in [0.5, 0.6) is 0 Å². The van der Waals surface area contributed by atoms with Crippen LogP contribution in [-0.2, 0) is 9.59 Å². The number of hydrogen-bond acceptors (Lipinski definition) is 3. The molecule has 2 aliphatic carbocycles. The highest BCUT2D eigenvalue weighted by atomic mass is 16.2. The van der Waals surface area contributed by atoms with Gasteiger partial charge in [-0.3, -0.25) is 14.5 Å². The first-order valence-corrected chi connectivity index (χ1v) is 9.34. The van der Waals surface area contributed by atoms with Gasteiger partial charge in [-0.15, -0.1) is 0 Å². The van der Waals surface area contributed by atoms with Gasteiger partial charge >= 0.3 is 0 Å². The molecule has 23 heavy (non-hydrogen) atoms. The molecule has 0 heterocycles. The molecule has 1 N–H and O–H groups in total. The van der Waals surface area contributed by atoms with E-state index in [1.807, 2.05) is 6.92 Å². The van der Waals surface area contributed by atoms with E-state index >= 15 is 0 Å². The molecule has 132 valence electrons. The van der Waals surface area contributed by atoms with Crippen LogP contribution in [0.3, 0.4) is 0 Å². The summed E-state index contributed by atoms with van der Waals surface area (Å²) in [7, 11) is 1.74. The smallest absolute Gasteiger partial charge is 0.239 e. The largest absolute Gasteiger partial charge is 0.355 e. The molecule has 2 fully saturated rings. The van der Waals surface area contributed by atoms with E-state index in [2.05, 4.69) is 10.2 Å². The maximum atomic E-state index is 12.5. The minimum atomic E-state index is -0.0610. The molecule has 2 amide bonds. The third-order valence-electron chi connectivity index (χ3n) is 5.00. The fourth-order valence-electron chi connectivity index (χ4n) is 3.34. The van der Waals surface area contributed by atoms with Gasteiger partial charge in [0.25, 0.3) is 0 Å². The van der Waals surface area contributed by atoms with E-state index in [1.54, 1.807) is 11.9 Å². The van der Waals surface area contributed by atoms with Crippen LogP contribution in [0, 0.1) is 5.92 Å². The van der Waals surface area contributed by atoms with Crippen molar-refractivity contribution in [2.75, 3.05) is 33.2 Å². The fraction of sp³-hybridized carbons (Fsp3) is 0.889. The summed E-state index contributed by atoms with van der Waals surface area (Å²) in [5.74, 6) is 0.805. The van der Waals surface area contributed by atoms with Crippen LogP contribution >= 0.6 is 0 Å². The molecule has 0 aromatic rings. The zero-order valence-electron chi connectivity index (χ0n) is 14.9. The number of likely N-dealkylation sites (N-methyl/N-ethyl adjacent to an activating group) is 1. The van der Waals surface area contributed by atoms with Crippen LogP contribution in [-0.4, -0.2) is 60.9 Å². The summed E-state index contributed by atoms with van der Waals surface area (Å²) in [5, 5.41) is 2.83. The van der Waals surface area contributed by atoms with E-state index in [9.17, 15) is 9.59 Å². The molecular weight excluding hydrogens is 290 g/mol. The number of rotatable bonds is 9. The van der Waals surface area contributed by atoms with Gasteiger partial charge in [0.15, 0.2) is 0 Å². The quantitative estimate of drug-likeness (QED) is 0.706. The van der Waals surface area contributed by atoms with Gasteiger partial charge in [-0.1, -0.05) is 26.2 Å². The van der Waals surface area contributed by atoms with Crippen molar-refractivity contribution in [1.29, 1.82) is 0 Å². The monoisotopic (exact) mass is 323 g/mol. The van der Waals surface area contributed by atoms with Gasteiger partial charge in [-0.2, -0.15) is 0 Å². The first-order chi connectivity index (χ1) is 11.1. The van der Waals surface area contributed by atoms with Crippen molar-refractivity contribution in [3.8, 4) is 0 Å². The van der Waals surface area contributed by atoms with E-state index in [1.165, 1.54) is 44.9 Å². The van der Waals surface area contributed by atoms with Crippen molar-refractivity contribution >= 4 is 11.8 Å². The number of hydrogen-bond donors (Lipinski definition) is 1. The number of carbonyl (C=O) groups excluding carboxylic acids is 2. The Morgan fingerprint density at radius 3 is 2.35 bits per heavy atom. The second kappa shape index (κ2) is 9.26. The Morgan fingerprint density at radius 1 is 1.04 bits per heavy atom. The van der Waals surface area contributed by atoms with Crippen LogP contribution in [0.15, 0.2) is 0 Å². The minimum Gasteiger partial charge on any atom is -0.355 e. The lowest BCUT2D eigenvalue weighted by atomic mass is 9.94. The van der Waals surface area contributed by atoms with Crippen LogP contribution in [0.4, 0.5) is 0 Å². The van der Waals surface area contributed by atoms with Gasteiger partial charge < -0.3 is 10.2 Å². The summed E-state index contributed by atoms with van der Waals surface area (Å²) in [6.07, 6.45) is 9.89. The average Bonchev–Trinajstić information content (AvgIpc) is 3.37. The maximum Gasteiger partial charge on any atom is 0.239 e. The van der Waals surface area contributed by atoms with Crippen molar-refractivity contribution in [3.63, 3.8) is 0 Å². The Hall–Kier alpha value is -1.10. The molecule has 2 saturated carbocycles. The lowest BCUT2D eigenvalue weighted by molar-refractivity contribution is -0.136. The molecular formula is C18H33N3O2. The molecule has 0 bridgehead atoms. The van der Waals surface area contributed by atoms with Crippen molar-refractivity contribution in [2.45, 2.75) is 64.3 Å². The third kappa shape index (κ3) is 6.50. The van der Waals surface area contributed by atoms with Crippen molar-refractivity contribution in [3.05, 3.63) is 0 Å². The minimum absolute atomic E-state index is 0.0610. The first-order valence-electron chi connectivity index (χ1n) is 9.34. The number of amides is 2. The number of nitrogens with one attached hydrogen (secondary N) is 1. The van der Waals surface area contributed by atoms with Gasteiger partial charge in [-0.05, 0) is 38.0 Å². The molecule has 0 unspecified atom stereocenters. The van der Waals surface area contributed by atoms with Crippen LogP contribution in [0.2, 0.25) is 0 Å². The molecule has 0 atom stereocenters.